The molecule has 0 fully saturated rings. The van der Waals surface area contributed by atoms with Gasteiger partial charge in [-0.3, -0.25) is 0 Å². The minimum atomic E-state index is -0.331. The number of benzene rings is 1. The second-order valence-corrected chi connectivity index (χ2v) is 5.24. The minimum absolute atomic E-state index is 0.331. The number of aliphatic hydroxyl groups excluding tert-OH is 1. The van der Waals surface area contributed by atoms with Crippen LogP contribution < -0.4 is 0 Å². The molecule has 102 valence electrons. The summed E-state index contributed by atoms with van der Waals surface area (Å²) in [6, 6.07) is 5.51. The Labute approximate surface area is 120 Å². The van der Waals surface area contributed by atoms with E-state index in [1.165, 1.54) is 0 Å². The summed E-state index contributed by atoms with van der Waals surface area (Å²) in [6.45, 7) is 7.24. The van der Waals surface area contributed by atoms with Crippen LogP contribution in [0.3, 0.4) is 0 Å². The molecule has 2 nitrogen and oxygen atoms in total. The number of hydrogen-bond acceptors (Lipinski definition) is 2. The highest BCUT2D eigenvalue weighted by Gasteiger charge is 2.09. The van der Waals surface area contributed by atoms with Gasteiger partial charge in [0.15, 0.2) is 0 Å². The molecule has 1 N–H and O–H groups in total. The second kappa shape index (κ2) is 8.00. The molecular weight excluding hydrogens is 269 g/mol. The molecule has 0 amide bonds. The van der Waals surface area contributed by atoms with Crippen molar-refractivity contribution in [2.24, 2.45) is 0 Å². The van der Waals surface area contributed by atoms with Crippen LogP contribution in [0, 0.1) is 0 Å². The molecule has 0 heterocycles. The Kier molecular flexibility index (Phi) is 7.02. The highest BCUT2D eigenvalue weighted by molar-refractivity contribution is 6.42. The summed E-state index contributed by atoms with van der Waals surface area (Å²) in [5.41, 5.74) is 1.02. The van der Waals surface area contributed by atoms with E-state index in [0.717, 1.165) is 31.6 Å². The lowest BCUT2D eigenvalue weighted by molar-refractivity contribution is 0.143. The molecule has 4 heteroatoms. The van der Waals surface area contributed by atoms with Crippen LogP contribution in [0.4, 0.5) is 0 Å². The van der Waals surface area contributed by atoms with Crippen LogP contribution in [0.5, 0.6) is 0 Å². The summed E-state index contributed by atoms with van der Waals surface area (Å²) in [4.78, 5) is 2.30. The van der Waals surface area contributed by atoms with Crippen LogP contribution in [0.1, 0.15) is 25.8 Å². The van der Waals surface area contributed by atoms with Gasteiger partial charge in [-0.05, 0) is 43.6 Å². The molecule has 1 atom stereocenters. The van der Waals surface area contributed by atoms with Crippen molar-refractivity contribution in [2.75, 3.05) is 19.6 Å². The maximum absolute atomic E-state index is 10.00. The molecular formula is C14H21Cl2NO. The molecule has 0 aromatic heterocycles. The van der Waals surface area contributed by atoms with Gasteiger partial charge in [-0.15, -0.1) is 0 Å². The van der Waals surface area contributed by atoms with Gasteiger partial charge in [-0.2, -0.15) is 0 Å². The van der Waals surface area contributed by atoms with Crippen molar-refractivity contribution in [2.45, 2.75) is 32.8 Å². The Morgan fingerprint density at radius 2 is 1.83 bits per heavy atom. The Bertz CT molecular complexity index is 367. The van der Waals surface area contributed by atoms with E-state index in [2.05, 4.69) is 18.7 Å². The van der Waals surface area contributed by atoms with Crippen molar-refractivity contribution in [1.82, 2.24) is 4.90 Å². The average Bonchev–Trinajstić information content (AvgIpc) is 2.35. The molecule has 1 aromatic carbocycles. The SMILES string of the molecule is CCN(CC)CCC(O)Cc1ccc(Cl)c(Cl)c1. The maximum atomic E-state index is 10.00. The van der Waals surface area contributed by atoms with Crippen molar-refractivity contribution in [3.63, 3.8) is 0 Å². The van der Waals surface area contributed by atoms with E-state index in [1.807, 2.05) is 12.1 Å². The molecule has 1 rings (SSSR count). The molecule has 0 aliphatic heterocycles. The number of aliphatic hydroxyl groups is 1. The summed E-state index contributed by atoms with van der Waals surface area (Å²) >= 11 is 11.8. The summed E-state index contributed by atoms with van der Waals surface area (Å²) < 4.78 is 0. The molecule has 0 aliphatic carbocycles. The Hall–Kier alpha value is -0.280. The molecule has 1 unspecified atom stereocenters. The van der Waals surface area contributed by atoms with E-state index in [-0.39, 0.29) is 6.10 Å². The van der Waals surface area contributed by atoms with E-state index in [0.29, 0.717) is 16.5 Å². The first-order valence-corrected chi connectivity index (χ1v) is 7.16. The van der Waals surface area contributed by atoms with Gasteiger partial charge in [-0.25, -0.2) is 0 Å². The number of halogens is 2. The van der Waals surface area contributed by atoms with Gasteiger partial charge in [0.1, 0.15) is 0 Å². The summed E-state index contributed by atoms with van der Waals surface area (Å²) in [5.74, 6) is 0. The second-order valence-electron chi connectivity index (χ2n) is 4.42. The van der Waals surface area contributed by atoms with Crippen molar-refractivity contribution in [3.8, 4) is 0 Å². The van der Waals surface area contributed by atoms with E-state index < -0.39 is 0 Å². The molecule has 0 aliphatic rings. The van der Waals surface area contributed by atoms with Crippen molar-refractivity contribution in [1.29, 1.82) is 0 Å². The average molecular weight is 290 g/mol. The van der Waals surface area contributed by atoms with Crippen LogP contribution in [0.15, 0.2) is 18.2 Å². The predicted octanol–water partition coefficient (Wildman–Crippen LogP) is 3.63. The predicted molar refractivity (Wildman–Crippen MR) is 78.6 cm³/mol. The van der Waals surface area contributed by atoms with Gasteiger partial charge in [0.25, 0.3) is 0 Å². The van der Waals surface area contributed by atoms with Gasteiger partial charge < -0.3 is 10.0 Å². The number of nitrogens with zero attached hydrogens (tertiary/aromatic N) is 1. The van der Waals surface area contributed by atoms with Gasteiger partial charge in [0.05, 0.1) is 16.1 Å². The van der Waals surface area contributed by atoms with E-state index >= 15 is 0 Å². The highest BCUT2D eigenvalue weighted by atomic mass is 35.5. The molecule has 0 saturated heterocycles. The van der Waals surface area contributed by atoms with E-state index in [9.17, 15) is 5.11 Å². The topological polar surface area (TPSA) is 23.5 Å². The fourth-order valence-corrected chi connectivity index (χ4v) is 2.23. The summed E-state index contributed by atoms with van der Waals surface area (Å²) in [5, 5.41) is 11.1. The highest BCUT2D eigenvalue weighted by Crippen LogP contribution is 2.23. The molecule has 1 aromatic rings. The van der Waals surface area contributed by atoms with Crippen LogP contribution in [-0.2, 0) is 6.42 Å². The first-order chi connectivity index (χ1) is 8.56. The Morgan fingerprint density at radius 3 is 2.39 bits per heavy atom. The molecule has 0 saturated carbocycles. The zero-order valence-corrected chi connectivity index (χ0v) is 12.5. The monoisotopic (exact) mass is 289 g/mol. The third kappa shape index (κ3) is 5.15. The standard InChI is InChI=1S/C14H21Cl2NO/c1-3-17(4-2)8-7-12(18)9-11-5-6-13(15)14(16)10-11/h5-6,10,12,18H,3-4,7-9H2,1-2H3. The third-order valence-corrected chi connectivity index (χ3v) is 3.87. The molecule has 0 bridgehead atoms. The molecule has 18 heavy (non-hydrogen) atoms. The van der Waals surface area contributed by atoms with Gasteiger partial charge in [0.2, 0.25) is 0 Å². The first kappa shape index (κ1) is 15.8. The fourth-order valence-electron chi connectivity index (χ4n) is 1.91. The normalized spacial score (nSPS) is 13.0. The lowest BCUT2D eigenvalue weighted by atomic mass is 10.1. The van der Waals surface area contributed by atoms with Crippen LogP contribution in [0.2, 0.25) is 10.0 Å². The van der Waals surface area contributed by atoms with Gasteiger partial charge >= 0.3 is 0 Å². The van der Waals surface area contributed by atoms with Crippen molar-refractivity contribution >= 4 is 23.2 Å². The zero-order valence-electron chi connectivity index (χ0n) is 11.0. The van der Waals surface area contributed by atoms with Gasteiger partial charge in [-0.1, -0.05) is 43.1 Å². The molecule has 0 radical (unpaired) electrons. The summed E-state index contributed by atoms with van der Waals surface area (Å²) in [6.07, 6.45) is 1.07. The fraction of sp³-hybridized carbons (Fsp3) is 0.571. The van der Waals surface area contributed by atoms with Crippen molar-refractivity contribution in [3.05, 3.63) is 33.8 Å². The van der Waals surface area contributed by atoms with E-state index in [1.54, 1.807) is 6.07 Å². The van der Waals surface area contributed by atoms with Crippen molar-refractivity contribution < 1.29 is 5.11 Å². The quantitative estimate of drug-likeness (QED) is 0.829. The lowest BCUT2D eigenvalue weighted by Gasteiger charge is -2.20. The Balaban J connectivity index is 2.44. The lowest BCUT2D eigenvalue weighted by Crippen LogP contribution is -2.27. The first-order valence-electron chi connectivity index (χ1n) is 6.41. The smallest absolute Gasteiger partial charge is 0.0595 e. The summed E-state index contributed by atoms with van der Waals surface area (Å²) in [7, 11) is 0. The number of hydrogen-bond donors (Lipinski definition) is 1. The largest absolute Gasteiger partial charge is 0.393 e. The zero-order chi connectivity index (χ0) is 13.5. The minimum Gasteiger partial charge on any atom is -0.393 e. The Morgan fingerprint density at radius 1 is 1.17 bits per heavy atom. The number of rotatable bonds is 7. The van der Waals surface area contributed by atoms with E-state index in [4.69, 9.17) is 23.2 Å². The van der Waals surface area contributed by atoms with Crippen LogP contribution in [-0.4, -0.2) is 35.7 Å². The molecule has 0 spiro atoms. The van der Waals surface area contributed by atoms with Crippen LogP contribution in [0.25, 0.3) is 0 Å². The third-order valence-electron chi connectivity index (χ3n) is 3.13. The maximum Gasteiger partial charge on any atom is 0.0595 e. The van der Waals surface area contributed by atoms with Crippen LogP contribution >= 0.6 is 23.2 Å². The van der Waals surface area contributed by atoms with Gasteiger partial charge in [0, 0.05) is 6.54 Å².